The number of halogens is 3. The summed E-state index contributed by atoms with van der Waals surface area (Å²) >= 11 is 5.30. The van der Waals surface area contributed by atoms with E-state index in [1.807, 2.05) is 0 Å². The standard InChI is InChI=1S/Ga.I3.3H/c;1-3-2;;;/q;-1;;;. The van der Waals surface area contributed by atoms with Crippen molar-refractivity contribution in [3.63, 3.8) is 0 Å². The van der Waals surface area contributed by atoms with Crippen LogP contribution in [0.25, 0.3) is 0 Å². The Morgan fingerprint density at radius 1 is 1.25 bits per heavy atom. The fourth-order valence-electron chi connectivity index (χ4n) is 0. The summed E-state index contributed by atoms with van der Waals surface area (Å²) in [7, 11) is 0. The molecular formula is H3GaI3-. The van der Waals surface area contributed by atoms with Gasteiger partial charge in [-0.25, -0.2) is 0 Å². The van der Waals surface area contributed by atoms with Crippen molar-refractivity contribution in [1.29, 1.82) is 0 Å². The van der Waals surface area contributed by atoms with Gasteiger partial charge >= 0.3 is 70.3 Å². The summed E-state index contributed by atoms with van der Waals surface area (Å²) in [5, 5.41) is 0. The molecule has 0 aliphatic heterocycles. The van der Waals surface area contributed by atoms with Gasteiger partial charge in [-0.15, -0.1) is 0 Å². The summed E-state index contributed by atoms with van der Waals surface area (Å²) in [5.41, 5.74) is 0. The fourth-order valence-corrected chi connectivity index (χ4v) is 0. The first-order valence-corrected chi connectivity index (χ1v) is 12.9. The molecule has 0 aromatic rings. The molecule has 0 radical (unpaired) electrons. The van der Waals surface area contributed by atoms with Gasteiger partial charge in [-0.1, -0.05) is 0 Å². The molecule has 4 heteroatoms. The second kappa shape index (κ2) is 9.27. The average Bonchev–Trinajstić information content (AvgIpc) is 0.918. The molecule has 0 spiro atoms. The van der Waals surface area contributed by atoms with Crippen molar-refractivity contribution in [3.05, 3.63) is 0 Å². The summed E-state index contributed by atoms with van der Waals surface area (Å²) in [6.45, 7) is 0. The summed E-state index contributed by atoms with van der Waals surface area (Å²) in [6.07, 6.45) is 0. The SMILES string of the molecule is I[I-]I.[GaH3]. The Labute approximate surface area is 68.5 Å². The van der Waals surface area contributed by atoms with E-state index in [-0.39, 0.29) is 19.8 Å². The van der Waals surface area contributed by atoms with Crippen molar-refractivity contribution in [1.82, 2.24) is 0 Å². The Kier molecular flexibility index (Phi) is 23.1. The van der Waals surface area contributed by atoms with Crippen molar-refractivity contribution in [2.75, 3.05) is 0 Å². The van der Waals surface area contributed by atoms with E-state index in [0.29, 0.717) is 13.3 Å². The predicted octanol–water partition coefficient (Wildman–Crippen LogP) is -2.41. The Hall–Kier alpha value is 2.83. The minimum atomic E-state index is 0. The first-order valence-electron chi connectivity index (χ1n) is 0.286. The first-order chi connectivity index (χ1) is 1.41. The fraction of sp³-hybridized carbons (Fsp3) is 0. The Morgan fingerprint density at radius 3 is 1.25 bits per heavy atom. The molecule has 0 saturated heterocycles. The van der Waals surface area contributed by atoms with E-state index in [9.17, 15) is 0 Å². The van der Waals surface area contributed by atoms with Gasteiger partial charge in [0.2, 0.25) is 0 Å². The van der Waals surface area contributed by atoms with Crippen LogP contribution in [0.3, 0.4) is 0 Å². The number of rotatable bonds is 0. The van der Waals surface area contributed by atoms with Crippen LogP contribution in [0.4, 0.5) is 0 Å². The van der Waals surface area contributed by atoms with Crippen LogP contribution in [0.15, 0.2) is 0 Å². The summed E-state index contributed by atoms with van der Waals surface area (Å²) < 4.78 is 0. The third-order valence-corrected chi connectivity index (χ3v) is 0. The molecule has 0 heterocycles. The zero-order valence-electron chi connectivity index (χ0n) is 1.13. The van der Waals surface area contributed by atoms with Gasteiger partial charge in [0.1, 0.15) is 0 Å². The van der Waals surface area contributed by atoms with Gasteiger partial charge in [-0.05, 0) is 0 Å². The molecule has 0 amide bonds. The Bertz CT molecular complexity index is 3.25. The molecule has 0 fully saturated rings. The van der Waals surface area contributed by atoms with Crippen LogP contribution in [-0.4, -0.2) is 19.8 Å². The van der Waals surface area contributed by atoms with Gasteiger partial charge in [0.05, 0.1) is 0 Å². The van der Waals surface area contributed by atoms with Gasteiger partial charge in [0.15, 0.2) is 0 Å². The molecule has 0 rings (SSSR count). The quantitative estimate of drug-likeness (QED) is 0.283. The van der Waals surface area contributed by atoms with Crippen LogP contribution in [-0.2, 0) is 0 Å². The van der Waals surface area contributed by atoms with Crippen LogP contribution in [0.2, 0.25) is 0 Å². The molecule has 28 valence electrons. The summed E-state index contributed by atoms with van der Waals surface area (Å²) in [4.78, 5) is 0. The maximum atomic E-state index is 2.39. The van der Waals surface area contributed by atoms with Gasteiger partial charge in [0.25, 0.3) is 0 Å². The molecule has 0 nitrogen and oxygen atoms in total. The van der Waals surface area contributed by atoms with Crippen LogP contribution < -0.4 is 13.3 Å². The first kappa shape index (κ1) is 9.95. The van der Waals surface area contributed by atoms with E-state index in [1.54, 1.807) is 0 Å². The van der Waals surface area contributed by atoms with Crippen molar-refractivity contribution in [3.8, 4) is 0 Å². The minimum absolute atomic E-state index is 0. The van der Waals surface area contributed by atoms with Crippen molar-refractivity contribution in [2.45, 2.75) is 0 Å². The molecule has 0 aliphatic rings. The van der Waals surface area contributed by atoms with Gasteiger partial charge in [0, 0.05) is 0 Å². The molecule has 0 aliphatic carbocycles. The summed E-state index contributed by atoms with van der Waals surface area (Å²) in [5.74, 6) is 0. The van der Waals surface area contributed by atoms with Crippen LogP contribution >= 0.6 is 37.2 Å². The Balaban J connectivity index is 0. The number of hydrogen-bond donors (Lipinski definition) is 0. The predicted molar refractivity (Wildman–Crippen MR) is 38.0 cm³/mol. The molecule has 0 N–H and O–H groups in total. The molecular weight excluding hydrogens is 450 g/mol. The van der Waals surface area contributed by atoms with Crippen LogP contribution in [0, 0.1) is 0 Å². The van der Waals surface area contributed by atoms with Gasteiger partial charge < -0.3 is 0 Å². The number of hydrogen-bond acceptors (Lipinski definition) is 0. The zero-order chi connectivity index (χ0) is 2.71. The van der Waals surface area contributed by atoms with E-state index >= 15 is 0 Å². The van der Waals surface area contributed by atoms with Crippen molar-refractivity contribution < 1.29 is 13.3 Å². The third-order valence-electron chi connectivity index (χ3n) is 0. The van der Waals surface area contributed by atoms with Crippen LogP contribution in [0.1, 0.15) is 0 Å². The van der Waals surface area contributed by atoms with Gasteiger partial charge in [-0.2, -0.15) is 0 Å². The third kappa shape index (κ3) is 8.85. The van der Waals surface area contributed by atoms with E-state index in [4.69, 9.17) is 0 Å². The molecule has 0 atom stereocenters. The van der Waals surface area contributed by atoms with E-state index in [2.05, 4.69) is 37.2 Å². The van der Waals surface area contributed by atoms with Gasteiger partial charge in [-0.3, -0.25) is 0 Å². The van der Waals surface area contributed by atoms with E-state index < -0.39 is 0 Å². The zero-order valence-corrected chi connectivity index (χ0v) is 7.61. The molecule has 0 unspecified atom stereocenters. The maximum absolute atomic E-state index is 2.39. The molecule has 4 heavy (non-hydrogen) atoms. The molecule has 0 bridgehead atoms. The van der Waals surface area contributed by atoms with Crippen molar-refractivity contribution >= 4 is 57.0 Å². The average molecular weight is 453 g/mol. The second-order valence-electron chi connectivity index (χ2n) is 0.0540. The summed E-state index contributed by atoms with van der Waals surface area (Å²) in [6, 6.07) is 0. The monoisotopic (exact) mass is 453 g/mol. The Morgan fingerprint density at radius 2 is 1.25 bits per heavy atom. The molecule has 0 aromatic heterocycles. The topological polar surface area (TPSA) is 0 Å². The molecule has 0 aromatic carbocycles. The van der Waals surface area contributed by atoms with E-state index in [1.165, 1.54) is 0 Å². The van der Waals surface area contributed by atoms with Crippen LogP contribution in [0.5, 0.6) is 0 Å². The van der Waals surface area contributed by atoms with Crippen molar-refractivity contribution in [2.24, 2.45) is 0 Å². The normalized spacial score (nSPS) is 5.50. The second-order valence-corrected chi connectivity index (χ2v) is 16.3. The molecule has 0 saturated carbocycles. The van der Waals surface area contributed by atoms with E-state index in [0.717, 1.165) is 0 Å².